The van der Waals surface area contributed by atoms with Crippen LogP contribution >= 0.6 is 0 Å². The standard InChI is InChI=1S/C20H24O5/c1-12(10-21)13(2)20(14-4-6-16(22)18(8-14)23-3)15-5-7-17-19(9-15)25-11-24-17/h4-9,12-13,20-22H,10-11H2,1-3H3/t12-,13-,20?/m1/s1. The van der Waals surface area contributed by atoms with Crippen molar-refractivity contribution >= 4 is 0 Å². The topological polar surface area (TPSA) is 68.2 Å². The van der Waals surface area contributed by atoms with Crippen LogP contribution in [0.5, 0.6) is 23.0 Å². The van der Waals surface area contributed by atoms with Crippen LogP contribution in [-0.4, -0.2) is 30.7 Å². The molecule has 0 aromatic heterocycles. The smallest absolute Gasteiger partial charge is 0.231 e. The van der Waals surface area contributed by atoms with Gasteiger partial charge in [-0.15, -0.1) is 0 Å². The molecule has 3 atom stereocenters. The van der Waals surface area contributed by atoms with Crippen molar-refractivity contribution in [2.45, 2.75) is 19.8 Å². The summed E-state index contributed by atoms with van der Waals surface area (Å²) in [5, 5.41) is 19.5. The van der Waals surface area contributed by atoms with Crippen molar-refractivity contribution < 1.29 is 24.4 Å². The maximum atomic E-state index is 9.91. The SMILES string of the molecule is COc1cc(C(c2ccc3c(c2)OCO3)[C@H](C)[C@H](C)CO)ccc1O. The molecule has 0 radical (unpaired) electrons. The molecule has 0 spiro atoms. The largest absolute Gasteiger partial charge is 0.504 e. The Morgan fingerprint density at radius 3 is 2.44 bits per heavy atom. The van der Waals surface area contributed by atoms with Crippen LogP contribution in [-0.2, 0) is 0 Å². The van der Waals surface area contributed by atoms with Crippen molar-refractivity contribution in [1.29, 1.82) is 0 Å². The lowest BCUT2D eigenvalue weighted by atomic mass is 9.76. The van der Waals surface area contributed by atoms with Gasteiger partial charge in [-0.1, -0.05) is 26.0 Å². The molecule has 1 aliphatic rings. The lowest BCUT2D eigenvalue weighted by Crippen LogP contribution is -2.21. The summed E-state index contributed by atoms with van der Waals surface area (Å²) in [5.74, 6) is 2.32. The summed E-state index contributed by atoms with van der Waals surface area (Å²) >= 11 is 0. The Hall–Kier alpha value is -2.40. The van der Waals surface area contributed by atoms with Crippen molar-refractivity contribution in [2.24, 2.45) is 11.8 Å². The Balaban J connectivity index is 2.06. The molecule has 134 valence electrons. The second-order valence-electron chi connectivity index (χ2n) is 6.54. The minimum Gasteiger partial charge on any atom is -0.504 e. The second kappa shape index (κ2) is 7.23. The van der Waals surface area contributed by atoms with E-state index in [2.05, 4.69) is 6.92 Å². The molecule has 1 unspecified atom stereocenters. The number of ether oxygens (including phenoxy) is 3. The van der Waals surface area contributed by atoms with Gasteiger partial charge in [-0.3, -0.25) is 0 Å². The van der Waals surface area contributed by atoms with Crippen LogP contribution in [0.4, 0.5) is 0 Å². The monoisotopic (exact) mass is 344 g/mol. The molecule has 0 saturated carbocycles. The van der Waals surface area contributed by atoms with E-state index in [4.69, 9.17) is 14.2 Å². The predicted molar refractivity (Wildman–Crippen MR) is 94.5 cm³/mol. The molecule has 0 aliphatic carbocycles. The molecule has 0 amide bonds. The fraction of sp³-hybridized carbons (Fsp3) is 0.400. The lowest BCUT2D eigenvalue weighted by molar-refractivity contribution is 0.173. The van der Waals surface area contributed by atoms with E-state index in [0.29, 0.717) is 5.75 Å². The summed E-state index contributed by atoms with van der Waals surface area (Å²) in [6, 6.07) is 11.3. The highest BCUT2D eigenvalue weighted by molar-refractivity contribution is 5.50. The van der Waals surface area contributed by atoms with Gasteiger partial charge in [0, 0.05) is 12.5 Å². The zero-order chi connectivity index (χ0) is 18.0. The molecular formula is C20H24O5. The zero-order valence-corrected chi connectivity index (χ0v) is 14.7. The van der Waals surface area contributed by atoms with Crippen LogP contribution in [0.15, 0.2) is 36.4 Å². The van der Waals surface area contributed by atoms with Gasteiger partial charge in [0.1, 0.15) is 0 Å². The van der Waals surface area contributed by atoms with E-state index in [-0.39, 0.29) is 36.9 Å². The number of benzene rings is 2. The molecule has 2 aromatic rings. The Morgan fingerprint density at radius 2 is 1.72 bits per heavy atom. The van der Waals surface area contributed by atoms with E-state index >= 15 is 0 Å². The number of aliphatic hydroxyl groups excluding tert-OH is 1. The van der Waals surface area contributed by atoms with Crippen molar-refractivity contribution in [1.82, 2.24) is 0 Å². The number of hydrogen-bond acceptors (Lipinski definition) is 5. The lowest BCUT2D eigenvalue weighted by Gasteiger charge is -2.29. The average molecular weight is 344 g/mol. The van der Waals surface area contributed by atoms with Crippen molar-refractivity contribution in [3.63, 3.8) is 0 Å². The number of methoxy groups -OCH3 is 1. The van der Waals surface area contributed by atoms with Crippen LogP contribution in [0, 0.1) is 11.8 Å². The zero-order valence-electron chi connectivity index (χ0n) is 14.7. The van der Waals surface area contributed by atoms with E-state index in [0.717, 1.165) is 22.6 Å². The van der Waals surface area contributed by atoms with E-state index in [9.17, 15) is 10.2 Å². The van der Waals surface area contributed by atoms with Gasteiger partial charge in [0.15, 0.2) is 23.0 Å². The third-order valence-corrected chi connectivity index (χ3v) is 5.03. The highest BCUT2D eigenvalue weighted by Gasteiger charge is 2.28. The molecule has 5 nitrogen and oxygen atoms in total. The summed E-state index contributed by atoms with van der Waals surface area (Å²) in [7, 11) is 1.54. The van der Waals surface area contributed by atoms with Gasteiger partial charge in [0.25, 0.3) is 0 Å². The van der Waals surface area contributed by atoms with Crippen LogP contribution in [0.1, 0.15) is 30.9 Å². The number of phenols is 1. The Bertz CT molecular complexity index is 732. The first-order valence-corrected chi connectivity index (χ1v) is 8.42. The number of aromatic hydroxyl groups is 1. The molecule has 0 bridgehead atoms. The number of fused-ring (bicyclic) bond motifs is 1. The van der Waals surface area contributed by atoms with Crippen molar-refractivity contribution in [3.8, 4) is 23.0 Å². The summed E-state index contributed by atoms with van der Waals surface area (Å²) in [6.45, 7) is 4.49. The Labute approximate surface area is 147 Å². The molecule has 1 heterocycles. The number of hydrogen-bond donors (Lipinski definition) is 2. The molecule has 2 aromatic carbocycles. The van der Waals surface area contributed by atoms with Gasteiger partial charge >= 0.3 is 0 Å². The third-order valence-electron chi connectivity index (χ3n) is 5.03. The van der Waals surface area contributed by atoms with E-state index < -0.39 is 0 Å². The Kier molecular flexibility index (Phi) is 5.04. The quantitative estimate of drug-likeness (QED) is 0.839. The van der Waals surface area contributed by atoms with Gasteiger partial charge < -0.3 is 24.4 Å². The number of phenolic OH excluding ortho intramolecular Hbond substituents is 1. The first-order valence-electron chi connectivity index (χ1n) is 8.42. The van der Waals surface area contributed by atoms with Gasteiger partial charge in [-0.05, 0) is 47.2 Å². The van der Waals surface area contributed by atoms with Gasteiger partial charge in [0.2, 0.25) is 6.79 Å². The van der Waals surface area contributed by atoms with E-state index in [1.807, 2.05) is 37.3 Å². The van der Waals surface area contributed by atoms with E-state index in [1.54, 1.807) is 6.07 Å². The average Bonchev–Trinajstić information content (AvgIpc) is 3.10. The molecule has 0 saturated heterocycles. The fourth-order valence-corrected chi connectivity index (χ4v) is 3.29. The predicted octanol–water partition coefficient (Wildman–Crippen LogP) is 3.53. The van der Waals surface area contributed by atoms with Gasteiger partial charge in [0.05, 0.1) is 7.11 Å². The minimum atomic E-state index is 0.0196. The molecule has 3 rings (SSSR count). The summed E-state index contributed by atoms with van der Waals surface area (Å²) in [6.07, 6.45) is 0. The van der Waals surface area contributed by atoms with Crippen LogP contribution in [0.3, 0.4) is 0 Å². The van der Waals surface area contributed by atoms with Crippen molar-refractivity contribution in [3.05, 3.63) is 47.5 Å². The number of rotatable bonds is 6. The third kappa shape index (κ3) is 3.37. The normalized spacial score (nSPS) is 16.3. The van der Waals surface area contributed by atoms with Gasteiger partial charge in [-0.25, -0.2) is 0 Å². The minimum absolute atomic E-state index is 0.0196. The molecular weight excluding hydrogens is 320 g/mol. The van der Waals surface area contributed by atoms with Crippen LogP contribution < -0.4 is 14.2 Å². The van der Waals surface area contributed by atoms with Crippen LogP contribution in [0.25, 0.3) is 0 Å². The molecule has 1 aliphatic heterocycles. The molecule has 25 heavy (non-hydrogen) atoms. The maximum absolute atomic E-state index is 9.91. The van der Waals surface area contributed by atoms with Gasteiger partial charge in [-0.2, -0.15) is 0 Å². The molecule has 2 N–H and O–H groups in total. The summed E-state index contributed by atoms with van der Waals surface area (Å²) in [5.41, 5.74) is 2.09. The Morgan fingerprint density at radius 1 is 1.04 bits per heavy atom. The molecule has 5 heteroatoms. The molecule has 0 fully saturated rings. The maximum Gasteiger partial charge on any atom is 0.231 e. The second-order valence-corrected chi connectivity index (χ2v) is 6.54. The van der Waals surface area contributed by atoms with Crippen LogP contribution in [0.2, 0.25) is 0 Å². The first-order chi connectivity index (χ1) is 12.0. The first kappa shape index (κ1) is 17.4. The summed E-state index contributed by atoms with van der Waals surface area (Å²) in [4.78, 5) is 0. The summed E-state index contributed by atoms with van der Waals surface area (Å²) < 4.78 is 16.2. The number of aliphatic hydroxyl groups is 1. The highest BCUT2D eigenvalue weighted by atomic mass is 16.7. The fourth-order valence-electron chi connectivity index (χ4n) is 3.29. The van der Waals surface area contributed by atoms with E-state index in [1.165, 1.54) is 7.11 Å². The highest BCUT2D eigenvalue weighted by Crippen LogP contribution is 2.42. The van der Waals surface area contributed by atoms with Crippen molar-refractivity contribution in [2.75, 3.05) is 20.5 Å².